The quantitative estimate of drug-likeness (QED) is 0.613. The normalized spacial score (nSPS) is 14.6. The van der Waals surface area contributed by atoms with Gasteiger partial charge in [-0.05, 0) is 27.2 Å². The van der Waals surface area contributed by atoms with Gasteiger partial charge < -0.3 is 9.47 Å². The molecule has 5 heteroatoms. The maximum Gasteiger partial charge on any atom is 0.105 e. The minimum atomic E-state index is -0.480. The van der Waals surface area contributed by atoms with Crippen LogP contribution >= 0.6 is 0 Å². The molecule has 5 nitrogen and oxygen atoms in total. The zero-order chi connectivity index (χ0) is 14.7. The highest BCUT2D eigenvalue weighted by Gasteiger charge is 2.24. The van der Waals surface area contributed by atoms with Crippen molar-refractivity contribution in [2.24, 2.45) is 0 Å². The van der Waals surface area contributed by atoms with Crippen molar-refractivity contribution in [2.45, 2.75) is 38.8 Å². The van der Waals surface area contributed by atoms with E-state index >= 15 is 0 Å². The van der Waals surface area contributed by atoms with E-state index < -0.39 is 5.54 Å². The summed E-state index contributed by atoms with van der Waals surface area (Å²) in [6.07, 6.45) is 0.787. The Morgan fingerprint density at radius 2 is 1.68 bits per heavy atom. The van der Waals surface area contributed by atoms with E-state index in [4.69, 9.17) is 9.47 Å². The lowest BCUT2D eigenvalue weighted by Crippen LogP contribution is -2.47. The predicted octanol–water partition coefficient (Wildman–Crippen LogP) is 1.25. The Morgan fingerprint density at radius 3 is 2.05 bits per heavy atom. The van der Waals surface area contributed by atoms with Crippen molar-refractivity contribution in [2.75, 3.05) is 47.1 Å². The molecular formula is C14H29N3O2. The molecule has 0 saturated carbocycles. The van der Waals surface area contributed by atoms with Crippen molar-refractivity contribution in [3.05, 3.63) is 0 Å². The summed E-state index contributed by atoms with van der Waals surface area (Å²) in [5.41, 5.74) is -0.480. The highest BCUT2D eigenvalue weighted by molar-refractivity contribution is 5.04. The van der Waals surface area contributed by atoms with E-state index in [9.17, 15) is 5.26 Å². The molecule has 112 valence electrons. The molecule has 0 fully saturated rings. The Bertz CT molecular complexity index is 258. The third-order valence-corrected chi connectivity index (χ3v) is 3.01. The van der Waals surface area contributed by atoms with E-state index in [1.54, 1.807) is 14.2 Å². The zero-order valence-corrected chi connectivity index (χ0v) is 13.0. The molecule has 1 atom stereocenters. The van der Waals surface area contributed by atoms with Crippen LogP contribution in [-0.2, 0) is 9.47 Å². The number of ether oxygens (including phenoxy) is 2. The molecule has 0 aliphatic heterocycles. The number of methoxy groups -OCH3 is 2. The van der Waals surface area contributed by atoms with Crippen LogP contribution in [0.25, 0.3) is 0 Å². The molecule has 0 bridgehead atoms. The maximum atomic E-state index is 9.32. The zero-order valence-electron chi connectivity index (χ0n) is 13.0. The van der Waals surface area contributed by atoms with Gasteiger partial charge in [0, 0.05) is 39.9 Å². The van der Waals surface area contributed by atoms with Gasteiger partial charge in [-0.25, -0.2) is 0 Å². The van der Waals surface area contributed by atoms with Crippen LogP contribution in [0.4, 0.5) is 0 Å². The maximum absolute atomic E-state index is 9.32. The fourth-order valence-corrected chi connectivity index (χ4v) is 1.96. The number of hydrogen-bond donors (Lipinski definition) is 1. The van der Waals surface area contributed by atoms with Crippen LogP contribution in [-0.4, -0.2) is 63.5 Å². The fourth-order valence-electron chi connectivity index (χ4n) is 1.96. The summed E-state index contributed by atoms with van der Waals surface area (Å²) in [5, 5.41) is 12.6. The summed E-state index contributed by atoms with van der Waals surface area (Å²) in [7, 11) is 3.41. The van der Waals surface area contributed by atoms with Crippen LogP contribution in [0.5, 0.6) is 0 Å². The van der Waals surface area contributed by atoms with E-state index in [1.807, 2.05) is 6.92 Å². The number of nitriles is 1. The lowest BCUT2D eigenvalue weighted by atomic mass is 9.98. The van der Waals surface area contributed by atoms with Crippen LogP contribution in [0.3, 0.4) is 0 Å². The minimum absolute atomic E-state index is 0.302. The summed E-state index contributed by atoms with van der Waals surface area (Å²) in [6, 6.07) is 2.68. The Hall–Kier alpha value is -0.670. The first-order valence-electron chi connectivity index (χ1n) is 6.86. The van der Waals surface area contributed by atoms with Crippen molar-refractivity contribution in [3.8, 4) is 6.07 Å². The summed E-state index contributed by atoms with van der Waals surface area (Å²) < 4.78 is 10.2. The van der Waals surface area contributed by atoms with E-state index in [0.29, 0.717) is 19.3 Å². The molecule has 0 aromatic carbocycles. The second kappa shape index (κ2) is 10.2. The number of nitrogens with zero attached hydrogens (tertiary/aromatic N) is 2. The molecule has 0 aliphatic rings. The Balaban J connectivity index is 4.28. The number of nitrogens with one attached hydrogen (secondary N) is 1. The first-order valence-corrected chi connectivity index (χ1v) is 6.86. The standard InChI is InChI=1S/C14H29N3O2/c1-13(2)16-14(3,12-15)6-7-17(8-10-18-4)9-11-19-5/h13,16H,6-11H2,1-5H3. The van der Waals surface area contributed by atoms with Gasteiger partial charge in [-0.15, -0.1) is 0 Å². The lowest BCUT2D eigenvalue weighted by molar-refractivity contribution is 0.109. The average molecular weight is 271 g/mol. The van der Waals surface area contributed by atoms with Crippen molar-refractivity contribution >= 4 is 0 Å². The molecule has 1 unspecified atom stereocenters. The first kappa shape index (κ1) is 18.3. The molecule has 19 heavy (non-hydrogen) atoms. The van der Waals surface area contributed by atoms with Crippen molar-refractivity contribution in [1.82, 2.24) is 10.2 Å². The Labute approximate surface area is 117 Å². The van der Waals surface area contributed by atoms with E-state index in [-0.39, 0.29) is 0 Å². The fraction of sp³-hybridized carbons (Fsp3) is 0.929. The summed E-state index contributed by atoms with van der Waals surface area (Å²) in [6.45, 7) is 10.1. The molecule has 0 heterocycles. The molecule has 0 radical (unpaired) electrons. The van der Waals surface area contributed by atoms with Crippen molar-refractivity contribution in [3.63, 3.8) is 0 Å². The van der Waals surface area contributed by atoms with E-state index in [1.165, 1.54) is 0 Å². The van der Waals surface area contributed by atoms with Crippen molar-refractivity contribution in [1.29, 1.82) is 5.26 Å². The highest BCUT2D eigenvalue weighted by atomic mass is 16.5. The highest BCUT2D eigenvalue weighted by Crippen LogP contribution is 2.10. The van der Waals surface area contributed by atoms with E-state index in [2.05, 4.69) is 30.1 Å². The molecule has 0 aliphatic carbocycles. The second-order valence-electron chi connectivity index (χ2n) is 5.32. The minimum Gasteiger partial charge on any atom is -0.383 e. The largest absolute Gasteiger partial charge is 0.383 e. The summed E-state index contributed by atoms with van der Waals surface area (Å²) >= 11 is 0. The molecular weight excluding hydrogens is 242 g/mol. The Morgan fingerprint density at radius 1 is 1.16 bits per heavy atom. The summed E-state index contributed by atoms with van der Waals surface area (Å²) in [4.78, 5) is 2.27. The smallest absolute Gasteiger partial charge is 0.105 e. The molecule has 1 N–H and O–H groups in total. The molecule has 0 saturated heterocycles. The number of hydrogen-bond acceptors (Lipinski definition) is 5. The topological polar surface area (TPSA) is 57.5 Å². The van der Waals surface area contributed by atoms with Crippen LogP contribution in [0.15, 0.2) is 0 Å². The van der Waals surface area contributed by atoms with Gasteiger partial charge in [0.2, 0.25) is 0 Å². The van der Waals surface area contributed by atoms with Gasteiger partial charge in [0.1, 0.15) is 5.54 Å². The van der Waals surface area contributed by atoms with Gasteiger partial charge in [-0.3, -0.25) is 10.2 Å². The molecule has 0 rings (SSSR count). The molecule has 0 amide bonds. The molecule has 0 spiro atoms. The number of rotatable bonds is 11. The van der Waals surface area contributed by atoms with E-state index in [0.717, 1.165) is 26.1 Å². The van der Waals surface area contributed by atoms with Gasteiger partial charge in [0.05, 0.1) is 19.3 Å². The van der Waals surface area contributed by atoms with Crippen LogP contribution < -0.4 is 5.32 Å². The van der Waals surface area contributed by atoms with Crippen LogP contribution in [0, 0.1) is 11.3 Å². The van der Waals surface area contributed by atoms with Gasteiger partial charge in [-0.2, -0.15) is 5.26 Å². The van der Waals surface area contributed by atoms with Gasteiger partial charge in [0.25, 0.3) is 0 Å². The van der Waals surface area contributed by atoms with Crippen molar-refractivity contribution < 1.29 is 9.47 Å². The second-order valence-corrected chi connectivity index (χ2v) is 5.32. The van der Waals surface area contributed by atoms with Crippen LogP contribution in [0.1, 0.15) is 27.2 Å². The average Bonchev–Trinajstić information content (AvgIpc) is 2.37. The monoisotopic (exact) mass is 271 g/mol. The SMILES string of the molecule is COCCN(CCOC)CCC(C)(C#N)NC(C)C. The van der Waals surface area contributed by atoms with Gasteiger partial charge in [0.15, 0.2) is 0 Å². The first-order chi connectivity index (χ1) is 8.97. The Kier molecular flexibility index (Phi) is 9.80. The third-order valence-electron chi connectivity index (χ3n) is 3.01. The predicted molar refractivity (Wildman–Crippen MR) is 77.1 cm³/mol. The van der Waals surface area contributed by atoms with Crippen LogP contribution in [0.2, 0.25) is 0 Å². The summed E-state index contributed by atoms with van der Waals surface area (Å²) in [5.74, 6) is 0. The molecule has 0 aromatic heterocycles. The van der Waals surface area contributed by atoms with Gasteiger partial charge >= 0.3 is 0 Å². The lowest BCUT2D eigenvalue weighted by Gasteiger charge is -2.29. The molecule has 0 aromatic rings. The third kappa shape index (κ3) is 8.95. The van der Waals surface area contributed by atoms with Gasteiger partial charge in [-0.1, -0.05) is 0 Å².